The molecule has 98 valence electrons. The van der Waals surface area contributed by atoms with E-state index in [1.165, 1.54) is 6.39 Å². The van der Waals surface area contributed by atoms with Crippen molar-refractivity contribution in [2.24, 2.45) is 0 Å². The zero-order valence-corrected chi connectivity index (χ0v) is 10.2. The monoisotopic (exact) mass is 259 g/mol. The van der Waals surface area contributed by atoms with Crippen molar-refractivity contribution in [1.29, 1.82) is 0 Å². The predicted molar refractivity (Wildman–Crippen MR) is 66.3 cm³/mol. The van der Waals surface area contributed by atoms with E-state index in [0.717, 1.165) is 5.56 Å². The van der Waals surface area contributed by atoms with Gasteiger partial charge < -0.3 is 14.4 Å². The number of rotatable bonds is 2. The summed E-state index contributed by atoms with van der Waals surface area (Å²) in [6, 6.07) is 7.00. The van der Waals surface area contributed by atoms with Gasteiger partial charge in [0.1, 0.15) is 0 Å². The molecule has 0 aliphatic carbocycles. The largest absolute Gasteiger partial charge is 0.423 e. The maximum atomic E-state index is 12.2. The van der Waals surface area contributed by atoms with Gasteiger partial charge >= 0.3 is 0 Å². The lowest BCUT2D eigenvalue weighted by Crippen LogP contribution is -2.29. The quantitative estimate of drug-likeness (QED) is 0.868. The Morgan fingerprint density at radius 1 is 1.37 bits per heavy atom. The zero-order chi connectivity index (χ0) is 13.2. The average Bonchev–Trinajstić information content (AvgIpc) is 3.09. The van der Waals surface area contributed by atoms with Crippen LogP contribution in [0.3, 0.4) is 0 Å². The SMILES string of the molecule is O=C(c1ccc(-c2nnco2)cc1)N1CC[C@H](O)C1. The van der Waals surface area contributed by atoms with Crippen LogP contribution in [0, 0.1) is 0 Å². The van der Waals surface area contributed by atoms with Gasteiger partial charge in [-0.05, 0) is 30.7 Å². The molecule has 0 radical (unpaired) electrons. The number of hydrogen-bond acceptors (Lipinski definition) is 5. The molecule has 1 fully saturated rings. The fraction of sp³-hybridized carbons (Fsp3) is 0.308. The van der Waals surface area contributed by atoms with E-state index in [1.807, 2.05) is 0 Å². The Balaban J connectivity index is 1.77. The summed E-state index contributed by atoms with van der Waals surface area (Å²) in [6.07, 6.45) is 1.51. The number of aromatic nitrogens is 2. The van der Waals surface area contributed by atoms with Crippen molar-refractivity contribution in [2.45, 2.75) is 12.5 Å². The second-order valence-electron chi connectivity index (χ2n) is 4.51. The highest BCUT2D eigenvalue weighted by atomic mass is 16.4. The van der Waals surface area contributed by atoms with Gasteiger partial charge in [0.15, 0.2) is 0 Å². The predicted octanol–water partition coefficient (Wildman–Crippen LogP) is 0.943. The van der Waals surface area contributed by atoms with Crippen LogP contribution < -0.4 is 0 Å². The molecule has 1 aliphatic heterocycles. The van der Waals surface area contributed by atoms with Crippen molar-refractivity contribution in [3.05, 3.63) is 36.2 Å². The zero-order valence-electron chi connectivity index (χ0n) is 10.2. The average molecular weight is 259 g/mol. The topological polar surface area (TPSA) is 79.5 Å². The van der Waals surface area contributed by atoms with E-state index in [0.29, 0.717) is 31.0 Å². The molecule has 19 heavy (non-hydrogen) atoms. The van der Waals surface area contributed by atoms with Crippen molar-refractivity contribution in [2.75, 3.05) is 13.1 Å². The van der Waals surface area contributed by atoms with Gasteiger partial charge in [-0.1, -0.05) is 0 Å². The Labute approximate surface area is 109 Å². The molecule has 1 saturated heterocycles. The van der Waals surface area contributed by atoms with Gasteiger partial charge in [0, 0.05) is 24.2 Å². The minimum atomic E-state index is -0.401. The first kappa shape index (κ1) is 11.9. The van der Waals surface area contributed by atoms with E-state index in [-0.39, 0.29) is 5.91 Å². The molecule has 6 nitrogen and oxygen atoms in total. The van der Waals surface area contributed by atoms with Gasteiger partial charge in [-0.15, -0.1) is 10.2 Å². The van der Waals surface area contributed by atoms with Gasteiger partial charge in [-0.3, -0.25) is 4.79 Å². The Morgan fingerprint density at radius 3 is 2.74 bits per heavy atom. The van der Waals surface area contributed by atoms with Crippen LogP contribution in [-0.2, 0) is 0 Å². The summed E-state index contributed by atoms with van der Waals surface area (Å²) in [5, 5.41) is 16.9. The second-order valence-corrected chi connectivity index (χ2v) is 4.51. The van der Waals surface area contributed by atoms with Crippen LogP contribution in [0.25, 0.3) is 11.5 Å². The molecule has 3 rings (SSSR count). The number of aliphatic hydroxyl groups excluding tert-OH is 1. The van der Waals surface area contributed by atoms with E-state index >= 15 is 0 Å². The molecule has 1 aromatic heterocycles. The summed E-state index contributed by atoms with van der Waals surface area (Å²) in [5.41, 5.74) is 1.37. The van der Waals surface area contributed by atoms with Gasteiger partial charge in [0.2, 0.25) is 12.3 Å². The summed E-state index contributed by atoms with van der Waals surface area (Å²) in [4.78, 5) is 13.8. The number of aliphatic hydroxyl groups is 1. The van der Waals surface area contributed by atoms with Crippen molar-refractivity contribution in [1.82, 2.24) is 15.1 Å². The Morgan fingerprint density at radius 2 is 2.16 bits per heavy atom. The van der Waals surface area contributed by atoms with Gasteiger partial charge in [0.05, 0.1) is 6.10 Å². The molecule has 1 N–H and O–H groups in total. The standard InChI is InChI=1S/C13H13N3O3/c17-11-5-6-16(7-11)13(18)10-3-1-9(2-4-10)12-15-14-8-19-12/h1-4,8,11,17H,5-7H2/t11-/m0/s1. The first-order valence-electron chi connectivity index (χ1n) is 6.08. The van der Waals surface area contributed by atoms with Crippen LogP contribution in [0.5, 0.6) is 0 Å². The first-order valence-corrected chi connectivity index (χ1v) is 6.08. The van der Waals surface area contributed by atoms with E-state index in [4.69, 9.17) is 4.42 Å². The highest BCUT2D eigenvalue weighted by Gasteiger charge is 2.25. The number of benzene rings is 1. The molecule has 1 aromatic carbocycles. The molecule has 1 aliphatic rings. The highest BCUT2D eigenvalue weighted by molar-refractivity contribution is 5.94. The Kier molecular flexibility index (Phi) is 3.00. The number of hydrogen-bond donors (Lipinski definition) is 1. The molecular weight excluding hydrogens is 246 g/mol. The fourth-order valence-corrected chi connectivity index (χ4v) is 2.16. The van der Waals surface area contributed by atoms with Crippen LogP contribution in [-0.4, -0.2) is 45.3 Å². The van der Waals surface area contributed by atoms with Gasteiger partial charge in [0.25, 0.3) is 5.91 Å². The number of β-amino-alcohol motifs (C(OH)–C–C–N with tert-alkyl or cyclic N) is 1. The van der Waals surface area contributed by atoms with Crippen LogP contribution in [0.4, 0.5) is 0 Å². The lowest BCUT2D eigenvalue weighted by molar-refractivity contribution is 0.0765. The first-order chi connectivity index (χ1) is 9.24. The highest BCUT2D eigenvalue weighted by Crippen LogP contribution is 2.19. The van der Waals surface area contributed by atoms with Crippen molar-refractivity contribution in [3.8, 4) is 11.5 Å². The van der Waals surface area contributed by atoms with E-state index in [2.05, 4.69) is 10.2 Å². The van der Waals surface area contributed by atoms with Crippen molar-refractivity contribution in [3.63, 3.8) is 0 Å². The lowest BCUT2D eigenvalue weighted by atomic mass is 10.1. The molecule has 1 atom stereocenters. The molecule has 0 bridgehead atoms. The third-order valence-corrected chi connectivity index (χ3v) is 3.19. The third kappa shape index (κ3) is 2.34. The Bertz CT molecular complexity index is 565. The van der Waals surface area contributed by atoms with Crippen LogP contribution in [0.15, 0.2) is 35.1 Å². The molecule has 2 heterocycles. The van der Waals surface area contributed by atoms with E-state index in [1.54, 1.807) is 29.2 Å². The molecule has 6 heteroatoms. The van der Waals surface area contributed by atoms with Crippen LogP contribution in [0.1, 0.15) is 16.8 Å². The maximum Gasteiger partial charge on any atom is 0.253 e. The summed E-state index contributed by atoms with van der Waals surface area (Å²) in [5.74, 6) is 0.365. The van der Waals surface area contributed by atoms with Gasteiger partial charge in [-0.25, -0.2) is 0 Å². The van der Waals surface area contributed by atoms with Gasteiger partial charge in [-0.2, -0.15) is 0 Å². The number of carbonyl (C=O) groups is 1. The smallest absolute Gasteiger partial charge is 0.253 e. The summed E-state index contributed by atoms with van der Waals surface area (Å²) in [7, 11) is 0. The molecule has 1 amide bonds. The second kappa shape index (κ2) is 4.81. The summed E-state index contributed by atoms with van der Waals surface area (Å²) in [6.45, 7) is 1.01. The van der Waals surface area contributed by atoms with Crippen molar-refractivity contribution >= 4 is 5.91 Å². The van der Waals surface area contributed by atoms with E-state index < -0.39 is 6.10 Å². The lowest BCUT2D eigenvalue weighted by Gasteiger charge is -2.15. The number of likely N-dealkylation sites (tertiary alicyclic amines) is 1. The van der Waals surface area contributed by atoms with Crippen molar-refractivity contribution < 1.29 is 14.3 Å². The molecule has 0 saturated carbocycles. The number of carbonyl (C=O) groups excluding carboxylic acids is 1. The molecular formula is C13H13N3O3. The third-order valence-electron chi connectivity index (χ3n) is 3.19. The fourth-order valence-electron chi connectivity index (χ4n) is 2.16. The molecule has 2 aromatic rings. The van der Waals surface area contributed by atoms with Crippen LogP contribution in [0.2, 0.25) is 0 Å². The minimum absolute atomic E-state index is 0.0615. The van der Waals surface area contributed by atoms with Crippen LogP contribution >= 0.6 is 0 Å². The number of amides is 1. The minimum Gasteiger partial charge on any atom is -0.423 e. The molecule has 0 unspecified atom stereocenters. The molecule has 0 spiro atoms. The number of nitrogens with zero attached hydrogens (tertiary/aromatic N) is 3. The summed E-state index contributed by atoms with van der Waals surface area (Å²) >= 11 is 0. The Hall–Kier alpha value is -2.21. The maximum absolute atomic E-state index is 12.2. The summed E-state index contributed by atoms with van der Waals surface area (Å²) < 4.78 is 5.08. The normalized spacial score (nSPS) is 18.8. The van der Waals surface area contributed by atoms with E-state index in [9.17, 15) is 9.90 Å².